The molecule has 1 aliphatic carbocycles. The Bertz CT molecular complexity index is 1630. The molecule has 0 unspecified atom stereocenters. The van der Waals surface area contributed by atoms with E-state index in [0.717, 1.165) is 45.9 Å². The number of aromatic amines is 1. The molecular formula is C31H29FN6. The first-order chi connectivity index (χ1) is 18.5. The Balaban J connectivity index is 1.30. The van der Waals surface area contributed by atoms with Crippen LogP contribution in [-0.4, -0.2) is 27.2 Å². The standard InChI is InChI=1S/C31H29FN6/c32-23-8-3-7-21(13-23)25-9-4-10-28-30(25)38-31(37-28)29(34)26-15-20(11-12-27(26)33)22-14-24(18-35-17-22)36-16-19-5-1-2-6-19/h3-4,7-15,17-19,34,36H,1-2,5-6,16,33H2,(H,37,38). The van der Waals surface area contributed by atoms with Crippen molar-refractivity contribution in [3.63, 3.8) is 0 Å². The van der Waals surface area contributed by atoms with Crippen LogP contribution in [0.25, 0.3) is 33.3 Å². The molecule has 0 saturated heterocycles. The first-order valence-electron chi connectivity index (χ1n) is 13.0. The van der Waals surface area contributed by atoms with Crippen molar-refractivity contribution >= 4 is 28.1 Å². The summed E-state index contributed by atoms with van der Waals surface area (Å²) in [7, 11) is 0. The van der Waals surface area contributed by atoms with Crippen LogP contribution >= 0.6 is 0 Å². The summed E-state index contributed by atoms with van der Waals surface area (Å²) >= 11 is 0. The topological polar surface area (TPSA) is 103 Å². The normalized spacial score (nSPS) is 13.7. The number of nitrogens with zero attached hydrogens (tertiary/aromatic N) is 2. The first-order valence-corrected chi connectivity index (χ1v) is 13.0. The monoisotopic (exact) mass is 504 g/mol. The van der Waals surface area contributed by atoms with E-state index in [4.69, 9.17) is 16.1 Å². The molecule has 0 amide bonds. The van der Waals surface area contributed by atoms with Gasteiger partial charge < -0.3 is 16.0 Å². The molecule has 190 valence electrons. The SMILES string of the molecule is N=C(c1nc2c(-c3cccc(F)c3)cccc2[nH]1)c1cc(-c2cncc(NCC3CCCC3)c2)ccc1N. The van der Waals surface area contributed by atoms with E-state index in [1.165, 1.54) is 37.8 Å². The van der Waals surface area contributed by atoms with Crippen molar-refractivity contribution in [1.82, 2.24) is 15.0 Å². The molecule has 0 aliphatic heterocycles. The Morgan fingerprint density at radius 2 is 1.82 bits per heavy atom. The fraction of sp³-hybridized carbons (Fsp3) is 0.194. The Hall–Kier alpha value is -4.52. The van der Waals surface area contributed by atoms with Crippen LogP contribution in [0.2, 0.25) is 0 Å². The highest BCUT2D eigenvalue weighted by molar-refractivity contribution is 6.14. The molecule has 6 rings (SSSR count). The van der Waals surface area contributed by atoms with Gasteiger partial charge in [0, 0.05) is 41.3 Å². The molecule has 5 aromatic rings. The summed E-state index contributed by atoms with van der Waals surface area (Å²) < 4.78 is 13.9. The van der Waals surface area contributed by atoms with E-state index in [1.807, 2.05) is 54.9 Å². The van der Waals surface area contributed by atoms with Gasteiger partial charge in [-0.2, -0.15) is 0 Å². The molecule has 2 aromatic heterocycles. The van der Waals surface area contributed by atoms with E-state index < -0.39 is 0 Å². The summed E-state index contributed by atoms with van der Waals surface area (Å²) in [5.41, 5.74) is 13.4. The molecule has 3 aromatic carbocycles. The van der Waals surface area contributed by atoms with Crippen molar-refractivity contribution in [3.05, 3.63) is 96.3 Å². The van der Waals surface area contributed by atoms with Gasteiger partial charge in [0.15, 0.2) is 5.82 Å². The summed E-state index contributed by atoms with van der Waals surface area (Å²) in [4.78, 5) is 12.4. The number of imidazole rings is 1. The molecular weight excluding hydrogens is 475 g/mol. The number of para-hydroxylation sites is 1. The van der Waals surface area contributed by atoms with Gasteiger partial charge in [0.1, 0.15) is 11.5 Å². The number of aromatic nitrogens is 3. The number of hydrogen-bond acceptors (Lipinski definition) is 5. The van der Waals surface area contributed by atoms with E-state index >= 15 is 0 Å². The van der Waals surface area contributed by atoms with Crippen LogP contribution in [0.4, 0.5) is 15.8 Å². The van der Waals surface area contributed by atoms with Crippen LogP contribution in [0.1, 0.15) is 37.1 Å². The highest BCUT2D eigenvalue weighted by Crippen LogP contribution is 2.31. The second-order valence-corrected chi connectivity index (χ2v) is 9.97. The number of pyridine rings is 1. The zero-order valence-corrected chi connectivity index (χ0v) is 21.0. The molecule has 0 radical (unpaired) electrons. The number of hydrogen-bond donors (Lipinski definition) is 4. The minimum absolute atomic E-state index is 0.189. The third-order valence-corrected chi connectivity index (χ3v) is 7.35. The second-order valence-electron chi connectivity index (χ2n) is 9.97. The van der Waals surface area contributed by atoms with Crippen molar-refractivity contribution in [3.8, 4) is 22.3 Å². The molecule has 38 heavy (non-hydrogen) atoms. The maximum atomic E-state index is 13.9. The maximum Gasteiger partial charge on any atom is 0.157 e. The van der Waals surface area contributed by atoms with Gasteiger partial charge >= 0.3 is 0 Å². The van der Waals surface area contributed by atoms with E-state index in [1.54, 1.807) is 6.07 Å². The predicted molar refractivity (Wildman–Crippen MR) is 152 cm³/mol. The molecule has 0 spiro atoms. The van der Waals surface area contributed by atoms with Gasteiger partial charge in [0.25, 0.3) is 0 Å². The Labute approximate surface area is 220 Å². The number of nitrogens with one attached hydrogen (secondary N) is 3. The summed E-state index contributed by atoms with van der Waals surface area (Å²) in [6.45, 7) is 0.965. The molecule has 2 heterocycles. The van der Waals surface area contributed by atoms with Gasteiger partial charge in [0.05, 0.1) is 16.7 Å². The summed E-state index contributed by atoms with van der Waals surface area (Å²) in [6.07, 6.45) is 8.89. The number of halogens is 1. The molecule has 1 saturated carbocycles. The Kier molecular flexibility index (Phi) is 6.33. The van der Waals surface area contributed by atoms with Crippen molar-refractivity contribution < 1.29 is 4.39 Å². The van der Waals surface area contributed by atoms with E-state index in [2.05, 4.69) is 21.4 Å². The average Bonchev–Trinajstić information content (AvgIpc) is 3.62. The minimum atomic E-state index is -0.306. The number of H-pyrrole nitrogens is 1. The van der Waals surface area contributed by atoms with Crippen molar-refractivity contribution in [2.75, 3.05) is 17.6 Å². The van der Waals surface area contributed by atoms with Crippen molar-refractivity contribution in [1.29, 1.82) is 5.41 Å². The van der Waals surface area contributed by atoms with Crippen LogP contribution in [0, 0.1) is 17.1 Å². The highest BCUT2D eigenvalue weighted by atomic mass is 19.1. The van der Waals surface area contributed by atoms with Crippen LogP contribution in [0.3, 0.4) is 0 Å². The smallest absolute Gasteiger partial charge is 0.157 e. The third-order valence-electron chi connectivity index (χ3n) is 7.35. The fourth-order valence-electron chi connectivity index (χ4n) is 5.29. The van der Waals surface area contributed by atoms with Crippen LogP contribution in [0.5, 0.6) is 0 Å². The molecule has 0 atom stereocenters. The van der Waals surface area contributed by atoms with Crippen LogP contribution in [0.15, 0.2) is 79.1 Å². The number of anilines is 2. The second kappa shape index (κ2) is 10.1. The van der Waals surface area contributed by atoms with Gasteiger partial charge in [0.2, 0.25) is 0 Å². The summed E-state index contributed by atoms with van der Waals surface area (Å²) in [6, 6.07) is 19.9. The van der Waals surface area contributed by atoms with E-state index in [0.29, 0.717) is 22.6 Å². The molecule has 0 bridgehead atoms. The lowest BCUT2D eigenvalue weighted by molar-refractivity contribution is 0.580. The van der Waals surface area contributed by atoms with Crippen molar-refractivity contribution in [2.45, 2.75) is 25.7 Å². The fourth-order valence-corrected chi connectivity index (χ4v) is 5.29. The number of fused-ring (bicyclic) bond motifs is 1. The van der Waals surface area contributed by atoms with Gasteiger partial charge in [-0.3, -0.25) is 10.4 Å². The molecule has 1 aliphatic rings. The summed E-state index contributed by atoms with van der Waals surface area (Å²) in [5.74, 6) is 0.824. The van der Waals surface area contributed by atoms with Gasteiger partial charge in [-0.1, -0.05) is 43.2 Å². The van der Waals surface area contributed by atoms with Gasteiger partial charge in [-0.25, -0.2) is 9.37 Å². The zero-order valence-electron chi connectivity index (χ0n) is 21.0. The molecule has 7 heteroatoms. The lowest BCUT2D eigenvalue weighted by atomic mass is 10.00. The Morgan fingerprint density at radius 3 is 2.66 bits per heavy atom. The number of nitrogens with two attached hydrogens (primary N) is 1. The van der Waals surface area contributed by atoms with Gasteiger partial charge in [-0.05, 0) is 66.3 Å². The van der Waals surface area contributed by atoms with Gasteiger partial charge in [-0.15, -0.1) is 0 Å². The zero-order chi connectivity index (χ0) is 26.1. The number of rotatable bonds is 7. The molecule has 1 fully saturated rings. The molecule has 6 nitrogen and oxygen atoms in total. The maximum absolute atomic E-state index is 13.9. The van der Waals surface area contributed by atoms with E-state index in [9.17, 15) is 4.39 Å². The lowest BCUT2D eigenvalue weighted by Crippen LogP contribution is -2.11. The number of benzene rings is 3. The highest BCUT2D eigenvalue weighted by Gasteiger charge is 2.17. The van der Waals surface area contributed by atoms with Crippen LogP contribution < -0.4 is 11.1 Å². The minimum Gasteiger partial charge on any atom is -0.398 e. The van der Waals surface area contributed by atoms with Crippen LogP contribution in [-0.2, 0) is 0 Å². The number of nitrogen functional groups attached to an aromatic ring is 1. The average molecular weight is 505 g/mol. The quantitative estimate of drug-likeness (QED) is 0.141. The van der Waals surface area contributed by atoms with Crippen molar-refractivity contribution in [2.24, 2.45) is 5.92 Å². The predicted octanol–water partition coefficient (Wildman–Crippen LogP) is 7.03. The Morgan fingerprint density at radius 1 is 0.974 bits per heavy atom. The summed E-state index contributed by atoms with van der Waals surface area (Å²) in [5, 5.41) is 12.5. The molecule has 5 N–H and O–H groups in total. The lowest BCUT2D eigenvalue weighted by Gasteiger charge is -2.13. The largest absolute Gasteiger partial charge is 0.398 e. The first kappa shape index (κ1) is 23.9. The third kappa shape index (κ3) is 4.75. The van der Waals surface area contributed by atoms with E-state index in [-0.39, 0.29) is 11.5 Å².